The van der Waals surface area contributed by atoms with Gasteiger partial charge in [0.05, 0.1) is 11.3 Å². The number of furan rings is 1. The van der Waals surface area contributed by atoms with Gasteiger partial charge < -0.3 is 4.42 Å². The molecule has 0 radical (unpaired) electrons. The summed E-state index contributed by atoms with van der Waals surface area (Å²) in [5, 5.41) is 2.20. The molecule has 5 aromatic rings. The van der Waals surface area contributed by atoms with Crippen LogP contribution >= 0.6 is 0 Å². The molecular weight excluding hydrogens is 330 g/mol. The molecule has 27 heavy (non-hydrogen) atoms. The lowest BCUT2D eigenvalue weighted by Gasteiger charge is -2.06. The maximum Gasteiger partial charge on any atom is 0.145 e. The Morgan fingerprint density at radius 1 is 0.741 bits per heavy atom. The molecule has 3 aromatic carbocycles. The highest BCUT2D eigenvalue weighted by atomic mass is 16.3. The van der Waals surface area contributed by atoms with Gasteiger partial charge in [-0.15, -0.1) is 0 Å². The monoisotopic (exact) mass is 347 g/mol. The van der Waals surface area contributed by atoms with E-state index in [2.05, 4.69) is 54.0 Å². The van der Waals surface area contributed by atoms with Gasteiger partial charge in [0.2, 0.25) is 0 Å². The zero-order chi connectivity index (χ0) is 18.2. The van der Waals surface area contributed by atoms with E-state index in [1.165, 1.54) is 0 Å². The Kier molecular flexibility index (Phi) is 3.61. The van der Waals surface area contributed by atoms with Crippen molar-refractivity contribution in [3.05, 3.63) is 97.2 Å². The van der Waals surface area contributed by atoms with E-state index in [-0.39, 0.29) is 0 Å². The third-order valence-electron chi connectivity index (χ3n) is 4.92. The third kappa shape index (κ3) is 2.46. The molecule has 0 bridgehead atoms. The van der Waals surface area contributed by atoms with Crippen LogP contribution in [0.5, 0.6) is 0 Å². The van der Waals surface area contributed by atoms with Crippen molar-refractivity contribution in [2.24, 2.45) is 0 Å². The van der Waals surface area contributed by atoms with Crippen molar-refractivity contribution >= 4 is 28.0 Å². The van der Waals surface area contributed by atoms with Crippen LogP contribution in [0, 0.1) is 0 Å². The first-order valence-electron chi connectivity index (χ1n) is 8.94. The fourth-order valence-electron chi connectivity index (χ4n) is 3.67. The second-order valence-electron chi connectivity index (χ2n) is 6.48. The molecule has 0 saturated carbocycles. The Bertz CT molecular complexity index is 1270. The molecule has 0 spiro atoms. The SMILES string of the molecule is C=Cc1ccc2c(oc3c(-c4ccccc4)cccc32)c1-c1ccccn1. The first-order valence-corrected chi connectivity index (χ1v) is 8.94. The molecule has 0 saturated heterocycles. The van der Waals surface area contributed by atoms with E-state index in [1.807, 2.05) is 42.5 Å². The average Bonchev–Trinajstić information content (AvgIpc) is 3.13. The Morgan fingerprint density at radius 2 is 1.56 bits per heavy atom. The van der Waals surface area contributed by atoms with Gasteiger partial charge >= 0.3 is 0 Å². The lowest BCUT2D eigenvalue weighted by molar-refractivity contribution is 0.671. The quantitative estimate of drug-likeness (QED) is 0.352. The number of nitrogens with zero attached hydrogens (tertiary/aromatic N) is 1. The summed E-state index contributed by atoms with van der Waals surface area (Å²) in [6, 6.07) is 26.8. The Labute approximate surface area is 157 Å². The minimum absolute atomic E-state index is 0.851. The van der Waals surface area contributed by atoms with Gasteiger partial charge in [0.25, 0.3) is 0 Å². The average molecular weight is 347 g/mol. The fraction of sp³-hybridized carbons (Fsp3) is 0. The van der Waals surface area contributed by atoms with Crippen molar-refractivity contribution in [2.75, 3.05) is 0 Å². The van der Waals surface area contributed by atoms with E-state index >= 15 is 0 Å². The van der Waals surface area contributed by atoms with Gasteiger partial charge in [0.15, 0.2) is 0 Å². The second-order valence-corrected chi connectivity index (χ2v) is 6.48. The highest BCUT2D eigenvalue weighted by molar-refractivity contribution is 6.13. The van der Waals surface area contributed by atoms with Crippen molar-refractivity contribution < 1.29 is 4.42 Å². The molecular formula is C25H17NO. The van der Waals surface area contributed by atoms with E-state index < -0.39 is 0 Å². The van der Waals surface area contributed by atoms with E-state index in [0.717, 1.165) is 49.9 Å². The summed E-state index contributed by atoms with van der Waals surface area (Å²) in [4.78, 5) is 4.55. The summed E-state index contributed by atoms with van der Waals surface area (Å²) in [5.41, 5.74) is 6.88. The highest BCUT2D eigenvalue weighted by Gasteiger charge is 2.17. The van der Waals surface area contributed by atoms with Crippen LogP contribution in [0.4, 0.5) is 0 Å². The molecule has 0 fully saturated rings. The van der Waals surface area contributed by atoms with Gasteiger partial charge in [-0.05, 0) is 29.3 Å². The van der Waals surface area contributed by atoms with Crippen LogP contribution in [-0.2, 0) is 0 Å². The van der Waals surface area contributed by atoms with Crippen LogP contribution in [0.15, 0.2) is 96.1 Å². The normalized spacial score (nSPS) is 11.1. The minimum Gasteiger partial charge on any atom is -0.455 e. The topological polar surface area (TPSA) is 26.0 Å². The lowest BCUT2D eigenvalue weighted by atomic mass is 9.98. The summed E-state index contributed by atoms with van der Waals surface area (Å²) in [6.07, 6.45) is 3.66. The van der Waals surface area contributed by atoms with Gasteiger partial charge in [-0.25, -0.2) is 0 Å². The van der Waals surface area contributed by atoms with Crippen LogP contribution in [0.3, 0.4) is 0 Å². The first-order chi connectivity index (χ1) is 13.4. The van der Waals surface area contributed by atoms with Crippen molar-refractivity contribution in [2.45, 2.75) is 0 Å². The van der Waals surface area contributed by atoms with Crippen molar-refractivity contribution in [3.8, 4) is 22.4 Å². The maximum atomic E-state index is 6.48. The van der Waals surface area contributed by atoms with E-state index in [0.29, 0.717) is 0 Å². The second kappa shape index (κ2) is 6.26. The summed E-state index contributed by atoms with van der Waals surface area (Å²) >= 11 is 0. The molecule has 0 aliphatic heterocycles. The number of hydrogen-bond acceptors (Lipinski definition) is 2. The van der Waals surface area contributed by atoms with Gasteiger partial charge in [0, 0.05) is 22.5 Å². The van der Waals surface area contributed by atoms with Crippen LogP contribution in [0.1, 0.15) is 5.56 Å². The molecule has 0 amide bonds. The predicted octanol–water partition coefficient (Wildman–Crippen LogP) is 6.96. The lowest BCUT2D eigenvalue weighted by Crippen LogP contribution is -1.87. The Hall–Kier alpha value is -3.65. The third-order valence-corrected chi connectivity index (χ3v) is 4.92. The van der Waals surface area contributed by atoms with Crippen molar-refractivity contribution in [1.29, 1.82) is 0 Å². The van der Waals surface area contributed by atoms with E-state index in [4.69, 9.17) is 4.42 Å². The molecule has 2 nitrogen and oxygen atoms in total. The Balaban J connectivity index is 1.90. The summed E-state index contributed by atoms with van der Waals surface area (Å²) in [7, 11) is 0. The molecule has 0 aliphatic rings. The standard InChI is InChI=1S/C25H17NO/c1-2-17-14-15-21-20-12-8-11-19(18-9-4-3-5-10-18)24(20)27-25(21)23(17)22-13-6-7-16-26-22/h2-16H,1H2. The summed E-state index contributed by atoms with van der Waals surface area (Å²) < 4.78 is 6.48. The molecule has 2 heteroatoms. The van der Waals surface area contributed by atoms with Crippen LogP contribution < -0.4 is 0 Å². The van der Waals surface area contributed by atoms with Crippen molar-refractivity contribution in [3.63, 3.8) is 0 Å². The highest BCUT2D eigenvalue weighted by Crippen LogP contribution is 2.40. The molecule has 0 atom stereocenters. The summed E-state index contributed by atoms with van der Waals surface area (Å²) in [6.45, 7) is 3.97. The number of hydrogen-bond donors (Lipinski definition) is 0. The van der Waals surface area contributed by atoms with Crippen molar-refractivity contribution in [1.82, 2.24) is 4.98 Å². The molecule has 128 valence electrons. The minimum atomic E-state index is 0.851. The number of rotatable bonds is 3. The summed E-state index contributed by atoms with van der Waals surface area (Å²) in [5.74, 6) is 0. The largest absolute Gasteiger partial charge is 0.455 e. The van der Waals surface area contributed by atoms with E-state index in [1.54, 1.807) is 6.20 Å². The first kappa shape index (κ1) is 15.6. The van der Waals surface area contributed by atoms with Gasteiger partial charge in [-0.1, -0.05) is 73.3 Å². The number of pyridine rings is 1. The molecule has 0 N–H and O–H groups in total. The molecule has 2 heterocycles. The number of para-hydroxylation sites is 1. The van der Waals surface area contributed by atoms with E-state index in [9.17, 15) is 0 Å². The maximum absolute atomic E-state index is 6.48. The number of benzene rings is 3. The molecule has 0 unspecified atom stereocenters. The zero-order valence-corrected chi connectivity index (χ0v) is 14.7. The molecule has 5 rings (SSSR count). The number of aromatic nitrogens is 1. The molecule has 0 aliphatic carbocycles. The number of fused-ring (bicyclic) bond motifs is 3. The predicted molar refractivity (Wildman–Crippen MR) is 112 cm³/mol. The van der Waals surface area contributed by atoms with Crippen LogP contribution in [0.2, 0.25) is 0 Å². The van der Waals surface area contributed by atoms with Gasteiger partial charge in [-0.3, -0.25) is 4.98 Å². The van der Waals surface area contributed by atoms with Crippen LogP contribution in [0.25, 0.3) is 50.4 Å². The van der Waals surface area contributed by atoms with Gasteiger partial charge in [0.1, 0.15) is 11.2 Å². The smallest absolute Gasteiger partial charge is 0.145 e. The molecule has 2 aromatic heterocycles. The zero-order valence-electron chi connectivity index (χ0n) is 14.7. The van der Waals surface area contributed by atoms with Crippen LogP contribution in [-0.4, -0.2) is 4.98 Å². The fourth-order valence-corrected chi connectivity index (χ4v) is 3.67. The Morgan fingerprint density at radius 3 is 2.33 bits per heavy atom. The van der Waals surface area contributed by atoms with Gasteiger partial charge in [-0.2, -0.15) is 0 Å².